The predicted molar refractivity (Wildman–Crippen MR) is 101 cm³/mol. The van der Waals surface area contributed by atoms with E-state index < -0.39 is 14.6 Å². The Kier molecular flexibility index (Phi) is 5.91. The van der Waals surface area contributed by atoms with Crippen LogP contribution in [0.4, 0.5) is 0 Å². The smallest absolute Gasteiger partial charge is 0.241 e. The van der Waals surface area contributed by atoms with Crippen LogP contribution >= 0.6 is 23.7 Å². The molecule has 1 aliphatic heterocycles. The zero-order chi connectivity index (χ0) is 16.5. The lowest BCUT2D eigenvalue weighted by molar-refractivity contribution is -0.124. The summed E-state index contributed by atoms with van der Waals surface area (Å²) in [6.07, 6.45) is 1.81. The van der Waals surface area contributed by atoms with Gasteiger partial charge in [0.25, 0.3) is 0 Å². The molecule has 1 aliphatic rings. The largest absolute Gasteiger partial charge is 0.351 e. The Balaban J connectivity index is 0.00000208. The van der Waals surface area contributed by atoms with Crippen LogP contribution in [-0.4, -0.2) is 38.4 Å². The van der Waals surface area contributed by atoms with Gasteiger partial charge in [0.05, 0.1) is 0 Å². The SMILES string of the molecule is CS(=O)(=O)C1(C(=O)NCc2csc3ccccc23)CCNCC1.Cl. The van der Waals surface area contributed by atoms with E-state index in [9.17, 15) is 13.2 Å². The van der Waals surface area contributed by atoms with Gasteiger partial charge in [-0.1, -0.05) is 18.2 Å². The molecule has 1 saturated heterocycles. The van der Waals surface area contributed by atoms with Crippen LogP contribution in [0.1, 0.15) is 18.4 Å². The second-order valence-electron chi connectivity index (χ2n) is 5.96. The normalized spacial score (nSPS) is 17.2. The van der Waals surface area contributed by atoms with Crippen molar-refractivity contribution in [2.75, 3.05) is 19.3 Å². The molecule has 3 rings (SSSR count). The number of halogens is 1. The molecule has 1 fully saturated rings. The van der Waals surface area contributed by atoms with Gasteiger partial charge in [0.1, 0.15) is 0 Å². The monoisotopic (exact) mass is 388 g/mol. The number of hydrogen-bond acceptors (Lipinski definition) is 5. The minimum Gasteiger partial charge on any atom is -0.351 e. The number of nitrogens with one attached hydrogen (secondary N) is 2. The maximum absolute atomic E-state index is 12.7. The number of carbonyl (C=O) groups excluding carboxylic acids is 1. The Bertz CT molecular complexity index is 827. The highest BCUT2D eigenvalue weighted by atomic mass is 35.5. The van der Waals surface area contributed by atoms with E-state index in [1.54, 1.807) is 11.3 Å². The Morgan fingerprint density at radius 1 is 1.29 bits per heavy atom. The van der Waals surface area contributed by atoms with E-state index >= 15 is 0 Å². The quantitative estimate of drug-likeness (QED) is 0.841. The molecule has 8 heteroatoms. The van der Waals surface area contributed by atoms with Crippen LogP contribution in [0, 0.1) is 0 Å². The van der Waals surface area contributed by atoms with E-state index in [2.05, 4.69) is 10.6 Å². The molecule has 0 radical (unpaired) electrons. The molecule has 2 N–H and O–H groups in total. The Morgan fingerprint density at radius 2 is 1.96 bits per heavy atom. The van der Waals surface area contributed by atoms with Crippen LogP contribution in [-0.2, 0) is 21.2 Å². The van der Waals surface area contributed by atoms with Gasteiger partial charge in [0.2, 0.25) is 5.91 Å². The van der Waals surface area contributed by atoms with Gasteiger partial charge in [-0.2, -0.15) is 0 Å². The molecule has 0 spiro atoms. The maximum Gasteiger partial charge on any atom is 0.241 e. The van der Waals surface area contributed by atoms with E-state index in [1.165, 1.54) is 0 Å². The summed E-state index contributed by atoms with van der Waals surface area (Å²) in [6.45, 7) is 1.44. The third-order valence-corrected chi connectivity index (χ3v) is 7.56. The summed E-state index contributed by atoms with van der Waals surface area (Å²) in [4.78, 5) is 12.7. The van der Waals surface area contributed by atoms with Crippen molar-refractivity contribution in [1.82, 2.24) is 10.6 Å². The van der Waals surface area contributed by atoms with E-state index in [0.29, 0.717) is 32.5 Å². The summed E-state index contributed by atoms with van der Waals surface area (Å²) in [5.74, 6) is -0.378. The molecular weight excluding hydrogens is 368 g/mol. The number of amides is 1. The van der Waals surface area contributed by atoms with E-state index in [1.807, 2.05) is 29.6 Å². The number of fused-ring (bicyclic) bond motifs is 1. The zero-order valence-corrected chi connectivity index (χ0v) is 15.8. The molecular formula is C16H21ClN2O3S2. The average molecular weight is 389 g/mol. The molecule has 24 heavy (non-hydrogen) atoms. The van der Waals surface area contributed by atoms with Gasteiger partial charge in [-0.25, -0.2) is 8.42 Å². The lowest BCUT2D eigenvalue weighted by Crippen LogP contribution is -2.57. The van der Waals surface area contributed by atoms with E-state index in [4.69, 9.17) is 0 Å². The van der Waals surface area contributed by atoms with Crippen molar-refractivity contribution < 1.29 is 13.2 Å². The molecule has 1 aromatic carbocycles. The summed E-state index contributed by atoms with van der Waals surface area (Å²) in [5, 5.41) is 9.09. The number of benzene rings is 1. The molecule has 5 nitrogen and oxygen atoms in total. The topological polar surface area (TPSA) is 75.3 Å². The number of sulfone groups is 1. The van der Waals surface area contributed by atoms with Crippen molar-refractivity contribution in [3.05, 3.63) is 35.2 Å². The van der Waals surface area contributed by atoms with Crippen molar-refractivity contribution in [2.45, 2.75) is 24.1 Å². The van der Waals surface area contributed by atoms with Gasteiger partial charge >= 0.3 is 0 Å². The number of thiophene rings is 1. The van der Waals surface area contributed by atoms with Crippen molar-refractivity contribution >= 4 is 49.6 Å². The van der Waals surface area contributed by atoms with Gasteiger partial charge in [-0.05, 0) is 48.3 Å². The minimum absolute atomic E-state index is 0. The highest BCUT2D eigenvalue weighted by Gasteiger charge is 2.48. The third kappa shape index (κ3) is 3.44. The summed E-state index contributed by atoms with van der Waals surface area (Å²) in [6, 6.07) is 8.00. The number of hydrogen-bond donors (Lipinski definition) is 2. The lowest BCUT2D eigenvalue weighted by atomic mass is 9.95. The fourth-order valence-corrected chi connectivity index (χ4v) is 5.42. The van der Waals surface area contributed by atoms with Crippen LogP contribution < -0.4 is 10.6 Å². The van der Waals surface area contributed by atoms with Crippen LogP contribution in [0.15, 0.2) is 29.6 Å². The maximum atomic E-state index is 12.7. The molecule has 2 aromatic rings. The first-order valence-corrected chi connectivity index (χ1v) is 10.3. The highest BCUT2D eigenvalue weighted by molar-refractivity contribution is 7.92. The van der Waals surface area contributed by atoms with Gasteiger partial charge in [-0.15, -0.1) is 23.7 Å². The molecule has 1 aromatic heterocycles. The van der Waals surface area contributed by atoms with Crippen molar-refractivity contribution in [2.24, 2.45) is 0 Å². The molecule has 132 valence electrons. The summed E-state index contributed by atoms with van der Waals surface area (Å²) < 4.78 is 24.3. The first-order valence-electron chi connectivity index (χ1n) is 7.58. The van der Waals surface area contributed by atoms with Crippen molar-refractivity contribution in [3.8, 4) is 0 Å². The first kappa shape index (κ1) is 19.2. The summed E-state index contributed by atoms with van der Waals surface area (Å²) in [5.41, 5.74) is 1.02. The van der Waals surface area contributed by atoms with Gasteiger partial charge < -0.3 is 10.6 Å². The van der Waals surface area contributed by atoms with Gasteiger partial charge in [-0.3, -0.25) is 4.79 Å². The number of piperidine rings is 1. The Morgan fingerprint density at radius 3 is 2.62 bits per heavy atom. The Hall–Kier alpha value is -1.15. The van der Waals surface area contributed by atoms with E-state index in [0.717, 1.165) is 21.9 Å². The fraction of sp³-hybridized carbons (Fsp3) is 0.438. The molecule has 0 atom stereocenters. The Labute approximate surface area is 152 Å². The summed E-state index contributed by atoms with van der Waals surface area (Å²) >= 11 is 1.63. The zero-order valence-electron chi connectivity index (χ0n) is 13.4. The van der Waals surface area contributed by atoms with Crippen LogP contribution in [0.5, 0.6) is 0 Å². The molecule has 0 unspecified atom stereocenters. The highest BCUT2D eigenvalue weighted by Crippen LogP contribution is 2.29. The van der Waals surface area contributed by atoms with E-state index in [-0.39, 0.29) is 18.3 Å². The molecule has 2 heterocycles. The van der Waals surface area contributed by atoms with Crippen LogP contribution in [0.2, 0.25) is 0 Å². The van der Waals surface area contributed by atoms with Crippen molar-refractivity contribution in [1.29, 1.82) is 0 Å². The average Bonchev–Trinajstić information content (AvgIpc) is 2.95. The van der Waals surface area contributed by atoms with Crippen LogP contribution in [0.25, 0.3) is 10.1 Å². The van der Waals surface area contributed by atoms with Gasteiger partial charge in [0.15, 0.2) is 14.6 Å². The lowest BCUT2D eigenvalue weighted by Gasteiger charge is -2.34. The number of rotatable bonds is 4. The standard InChI is InChI=1S/C16H20N2O3S2.ClH/c1-23(20,21)16(6-8-17-9-7-16)15(19)18-10-12-11-22-14-5-3-2-4-13(12)14;/h2-5,11,17H,6-10H2,1H3,(H,18,19);1H. The van der Waals surface area contributed by atoms with Gasteiger partial charge in [0, 0.05) is 17.5 Å². The second-order valence-corrected chi connectivity index (χ2v) is 9.19. The number of carbonyl (C=O) groups is 1. The molecule has 1 amide bonds. The third-order valence-electron chi connectivity index (χ3n) is 4.54. The molecule has 0 aliphatic carbocycles. The molecule has 0 bridgehead atoms. The minimum atomic E-state index is -3.47. The first-order chi connectivity index (χ1) is 10.9. The van der Waals surface area contributed by atoms with Crippen molar-refractivity contribution in [3.63, 3.8) is 0 Å². The second kappa shape index (κ2) is 7.39. The fourth-order valence-electron chi connectivity index (χ4n) is 3.10. The summed E-state index contributed by atoms with van der Waals surface area (Å²) in [7, 11) is -3.47. The molecule has 0 saturated carbocycles. The van der Waals surface area contributed by atoms with Crippen LogP contribution in [0.3, 0.4) is 0 Å². The predicted octanol–water partition coefficient (Wildman–Crippen LogP) is 2.11.